The second-order valence-electron chi connectivity index (χ2n) is 17.1. The summed E-state index contributed by atoms with van der Waals surface area (Å²) in [6, 6.07) is 0. The third-order valence-electron chi connectivity index (χ3n) is 11.2. The highest BCUT2D eigenvalue weighted by molar-refractivity contribution is 5.72. The highest BCUT2D eigenvalue weighted by Crippen LogP contribution is 2.17. The summed E-state index contributed by atoms with van der Waals surface area (Å²) in [5.74, 6) is -1.31. The predicted molar refractivity (Wildman–Crippen MR) is 239 cm³/mol. The highest BCUT2D eigenvalue weighted by Gasteiger charge is 2.15. The van der Waals surface area contributed by atoms with Crippen molar-refractivity contribution >= 4 is 23.9 Å². The van der Waals surface area contributed by atoms with Crippen molar-refractivity contribution in [2.75, 3.05) is 0 Å². The van der Waals surface area contributed by atoms with Crippen LogP contribution < -0.4 is 0 Å². The number of unbranched alkanes of at least 4 members (excludes halogenated alkanes) is 33. The fraction of sp³-hybridized carbons (Fsp3) is 0.920. The Hall–Kier alpha value is -2.12. The maximum Gasteiger partial charge on any atom is 0.308 e. The van der Waals surface area contributed by atoms with Gasteiger partial charge in [0, 0.05) is 39.5 Å². The number of rotatable bonds is 45. The number of ether oxygens (including phenoxy) is 4. The van der Waals surface area contributed by atoms with Crippen LogP contribution in [0.25, 0.3) is 0 Å². The summed E-state index contributed by atoms with van der Waals surface area (Å²) >= 11 is 0. The third-order valence-corrected chi connectivity index (χ3v) is 11.2. The van der Waals surface area contributed by atoms with Gasteiger partial charge >= 0.3 is 23.9 Å². The second kappa shape index (κ2) is 44.4. The van der Waals surface area contributed by atoms with E-state index in [9.17, 15) is 19.2 Å². The SMILES string of the molecule is CCCCCCCCCCCCCCCCCC(=O)OC(C)OC(=O)CCCCCCCCC(=O)OC(C)OC(=O)CCCCCCCCCCCCCCCCC. The van der Waals surface area contributed by atoms with Gasteiger partial charge in [-0.3, -0.25) is 19.2 Å². The van der Waals surface area contributed by atoms with Crippen LogP contribution in [0.4, 0.5) is 0 Å². The van der Waals surface area contributed by atoms with E-state index >= 15 is 0 Å². The number of hydrogen-bond acceptors (Lipinski definition) is 8. The first-order valence-electron chi connectivity index (χ1n) is 25.1. The zero-order valence-electron chi connectivity index (χ0n) is 38.7. The maximum absolute atomic E-state index is 12.2. The first-order chi connectivity index (χ1) is 28.3. The smallest absolute Gasteiger partial charge is 0.308 e. The van der Waals surface area contributed by atoms with Crippen LogP contribution >= 0.6 is 0 Å². The van der Waals surface area contributed by atoms with Crippen molar-refractivity contribution in [1.82, 2.24) is 0 Å². The van der Waals surface area contributed by atoms with Gasteiger partial charge < -0.3 is 18.9 Å². The zero-order valence-corrected chi connectivity index (χ0v) is 38.7. The molecule has 0 spiro atoms. The molecule has 0 bridgehead atoms. The Balaban J connectivity index is 3.56. The minimum atomic E-state index is -0.860. The fourth-order valence-electron chi connectivity index (χ4n) is 7.55. The lowest BCUT2D eigenvalue weighted by Crippen LogP contribution is -2.21. The minimum absolute atomic E-state index is 0.295. The largest absolute Gasteiger partial charge is 0.425 e. The van der Waals surface area contributed by atoms with Gasteiger partial charge in [0.05, 0.1) is 0 Å². The Bertz CT molecular complexity index is 863. The van der Waals surface area contributed by atoms with Crippen LogP contribution in [0.3, 0.4) is 0 Å². The summed E-state index contributed by atoms with van der Waals surface area (Å²) in [6.45, 7) is 7.73. The van der Waals surface area contributed by atoms with Crippen molar-refractivity contribution in [1.29, 1.82) is 0 Å². The summed E-state index contributed by atoms with van der Waals surface area (Å²) in [4.78, 5) is 48.6. The molecule has 0 amide bonds. The molecule has 342 valence electrons. The normalized spacial score (nSPS) is 12.3. The monoisotopic (exact) mass is 823 g/mol. The lowest BCUT2D eigenvalue weighted by atomic mass is 10.0. The van der Waals surface area contributed by atoms with Gasteiger partial charge in [-0.25, -0.2) is 0 Å². The molecule has 0 rings (SSSR count). The molecule has 2 unspecified atom stereocenters. The van der Waals surface area contributed by atoms with Crippen LogP contribution in [0.15, 0.2) is 0 Å². The molecule has 0 saturated carbocycles. The quantitative estimate of drug-likeness (QED) is 0.0340. The summed E-state index contributed by atoms with van der Waals surface area (Å²) in [7, 11) is 0. The number of hydrogen-bond donors (Lipinski definition) is 0. The van der Waals surface area contributed by atoms with E-state index in [2.05, 4.69) is 13.8 Å². The van der Waals surface area contributed by atoms with E-state index in [1.54, 1.807) is 13.8 Å². The van der Waals surface area contributed by atoms with Crippen molar-refractivity contribution in [3.63, 3.8) is 0 Å². The van der Waals surface area contributed by atoms with E-state index in [4.69, 9.17) is 18.9 Å². The Labute approximate surface area is 358 Å². The molecule has 0 aliphatic rings. The summed E-state index contributed by atoms with van der Waals surface area (Å²) in [6.07, 6.45) is 43.2. The van der Waals surface area contributed by atoms with Crippen molar-refractivity contribution < 1.29 is 38.1 Å². The number of esters is 4. The van der Waals surface area contributed by atoms with Gasteiger partial charge in [0.1, 0.15) is 0 Å². The van der Waals surface area contributed by atoms with Crippen molar-refractivity contribution in [2.24, 2.45) is 0 Å². The summed E-state index contributed by atoms with van der Waals surface area (Å²) in [5.41, 5.74) is 0. The van der Waals surface area contributed by atoms with Crippen LogP contribution in [0.1, 0.15) is 285 Å². The maximum atomic E-state index is 12.2. The standard InChI is InChI=1S/C50H94O8/c1-5-7-9-11-13-15-17-19-21-23-25-27-29-33-37-41-47(51)55-45(3)57-49(53)43-39-35-31-32-36-40-44-50(54)58-46(4)56-48(52)42-38-34-30-28-26-24-22-20-18-16-14-12-10-8-6-2/h45-46H,5-44H2,1-4H3. The molecule has 0 aromatic heterocycles. The molecule has 0 aliphatic heterocycles. The number of carbonyl (C=O) groups is 4. The van der Waals surface area contributed by atoms with E-state index in [-0.39, 0.29) is 23.9 Å². The van der Waals surface area contributed by atoms with E-state index in [1.807, 2.05) is 0 Å². The molecule has 0 radical (unpaired) electrons. The third kappa shape index (κ3) is 43.5. The number of carbonyl (C=O) groups excluding carboxylic acids is 4. The first-order valence-corrected chi connectivity index (χ1v) is 25.1. The molecular formula is C50H94O8. The molecule has 0 aromatic rings. The van der Waals surface area contributed by atoms with E-state index in [0.29, 0.717) is 38.5 Å². The Morgan fingerprint density at radius 3 is 0.552 bits per heavy atom. The minimum Gasteiger partial charge on any atom is -0.425 e. The van der Waals surface area contributed by atoms with Crippen molar-refractivity contribution in [3.8, 4) is 0 Å². The Morgan fingerprint density at radius 1 is 0.259 bits per heavy atom. The van der Waals surface area contributed by atoms with Crippen molar-refractivity contribution in [3.05, 3.63) is 0 Å². The Kier molecular flexibility index (Phi) is 42.8. The first kappa shape index (κ1) is 55.9. The van der Waals surface area contributed by atoms with Gasteiger partial charge in [-0.15, -0.1) is 0 Å². The van der Waals surface area contributed by atoms with E-state index in [0.717, 1.165) is 64.2 Å². The van der Waals surface area contributed by atoms with Crippen molar-refractivity contribution in [2.45, 2.75) is 297 Å². The highest BCUT2D eigenvalue weighted by atomic mass is 16.7. The van der Waals surface area contributed by atoms with E-state index in [1.165, 1.54) is 154 Å². The van der Waals surface area contributed by atoms with Gasteiger partial charge in [-0.2, -0.15) is 0 Å². The van der Waals surface area contributed by atoms with Gasteiger partial charge in [0.15, 0.2) is 0 Å². The lowest BCUT2D eigenvalue weighted by Gasteiger charge is -2.14. The lowest BCUT2D eigenvalue weighted by molar-refractivity contribution is -0.186. The summed E-state index contributed by atoms with van der Waals surface area (Å²) in [5, 5.41) is 0. The molecule has 0 aromatic carbocycles. The topological polar surface area (TPSA) is 105 Å². The van der Waals surface area contributed by atoms with Gasteiger partial charge in [-0.1, -0.05) is 219 Å². The molecule has 2 atom stereocenters. The van der Waals surface area contributed by atoms with E-state index < -0.39 is 12.6 Å². The van der Waals surface area contributed by atoms with Gasteiger partial charge in [0.25, 0.3) is 0 Å². The summed E-state index contributed by atoms with van der Waals surface area (Å²) < 4.78 is 21.1. The molecule has 8 nitrogen and oxygen atoms in total. The Morgan fingerprint density at radius 2 is 0.397 bits per heavy atom. The molecular weight excluding hydrogens is 729 g/mol. The molecule has 0 fully saturated rings. The molecule has 0 N–H and O–H groups in total. The van der Waals surface area contributed by atoms with Gasteiger partial charge in [-0.05, 0) is 25.7 Å². The van der Waals surface area contributed by atoms with Crippen LogP contribution in [0.2, 0.25) is 0 Å². The molecule has 58 heavy (non-hydrogen) atoms. The predicted octanol–water partition coefficient (Wildman–Crippen LogP) is 15.5. The van der Waals surface area contributed by atoms with Crippen LogP contribution in [-0.4, -0.2) is 36.5 Å². The zero-order chi connectivity index (χ0) is 42.6. The average molecular weight is 823 g/mol. The second-order valence-corrected chi connectivity index (χ2v) is 17.1. The fourth-order valence-corrected chi connectivity index (χ4v) is 7.55. The van der Waals surface area contributed by atoms with Crippen LogP contribution in [0.5, 0.6) is 0 Å². The molecule has 8 heteroatoms. The van der Waals surface area contributed by atoms with Crippen LogP contribution in [-0.2, 0) is 38.1 Å². The molecule has 0 aliphatic carbocycles. The van der Waals surface area contributed by atoms with Gasteiger partial charge in [0.2, 0.25) is 12.6 Å². The molecule has 0 saturated heterocycles. The average Bonchev–Trinajstić information content (AvgIpc) is 3.18. The van der Waals surface area contributed by atoms with Crippen LogP contribution in [0, 0.1) is 0 Å². The molecule has 0 heterocycles.